The molecule has 2 unspecified atom stereocenters. The lowest BCUT2D eigenvalue weighted by atomic mass is 10.00. The molecule has 5 rings (SSSR count). The molecule has 1 aliphatic rings. The van der Waals surface area contributed by atoms with Gasteiger partial charge in [-0.05, 0) is 98.2 Å². The second kappa shape index (κ2) is 8.24. The third-order valence-corrected chi connectivity index (χ3v) is 6.54. The molecule has 32 heavy (non-hydrogen) atoms. The third-order valence-electron chi connectivity index (χ3n) is 6.23. The smallest absolute Gasteiger partial charge is 0.174 e. The molecule has 0 aliphatic carbocycles. The Kier molecular flexibility index (Phi) is 5.27. The number of aromatic nitrogens is 2. The average molecular weight is 439 g/mol. The van der Waals surface area contributed by atoms with Crippen LogP contribution in [0.15, 0.2) is 85.2 Å². The summed E-state index contributed by atoms with van der Waals surface area (Å²) in [4.78, 5) is 6.90. The van der Waals surface area contributed by atoms with Crippen molar-refractivity contribution in [3.8, 4) is 5.69 Å². The zero-order valence-corrected chi connectivity index (χ0v) is 19.3. The van der Waals surface area contributed by atoms with E-state index in [2.05, 4.69) is 107 Å². The maximum Gasteiger partial charge on any atom is 0.174 e. The van der Waals surface area contributed by atoms with Crippen molar-refractivity contribution < 1.29 is 0 Å². The fourth-order valence-corrected chi connectivity index (χ4v) is 4.80. The van der Waals surface area contributed by atoms with Crippen LogP contribution in [0.2, 0.25) is 0 Å². The molecular formula is C27H26N4S. The number of nitrogens with one attached hydrogen (secondary N) is 1. The third kappa shape index (κ3) is 3.59. The van der Waals surface area contributed by atoms with Crippen LogP contribution in [0, 0.1) is 20.8 Å². The highest BCUT2D eigenvalue weighted by Gasteiger charge is 2.42. The van der Waals surface area contributed by atoms with Gasteiger partial charge in [0.05, 0.1) is 11.7 Å². The van der Waals surface area contributed by atoms with Crippen molar-refractivity contribution in [3.05, 3.63) is 113 Å². The highest BCUT2D eigenvalue weighted by atomic mass is 32.1. The molecule has 4 nitrogen and oxygen atoms in total. The molecule has 2 atom stereocenters. The SMILES string of the molecule is Cc1cccc(N2C(=S)NC(c3ccccn3)C2c2cccn2-c2ccc(C)c(C)c2)c1. The first kappa shape index (κ1) is 20.5. The molecule has 3 heterocycles. The first-order valence-electron chi connectivity index (χ1n) is 10.8. The first-order valence-corrected chi connectivity index (χ1v) is 11.3. The van der Waals surface area contributed by atoms with Crippen molar-refractivity contribution in [3.63, 3.8) is 0 Å². The number of aryl methyl sites for hydroxylation is 3. The Bertz CT molecular complexity index is 1280. The summed E-state index contributed by atoms with van der Waals surface area (Å²) in [5.74, 6) is 0. The number of anilines is 1. The Morgan fingerprint density at radius 3 is 2.47 bits per heavy atom. The number of hydrogen-bond donors (Lipinski definition) is 1. The average Bonchev–Trinajstić information content (AvgIpc) is 3.40. The van der Waals surface area contributed by atoms with Crippen LogP contribution >= 0.6 is 12.2 Å². The van der Waals surface area contributed by atoms with Crippen LogP contribution in [0.4, 0.5) is 5.69 Å². The van der Waals surface area contributed by atoms with Crippen LogP contribution in [0.5, 0.6) is 0 Å². The Hall–Kier alpha value is -3.44. The molecule has 0 amide bonds. The molecule has 0 spiro atoms. The molecule has 1 aliphatic heterocycles. The van der Waals surface area contributed by atoms with Crippen molar-refractivity contribution in [1.82, 2.24) is 14.9 Å². The summed E-state index contributed by atoms with van der Waals surface area (Å²) in [5, 5.41) is 4.27. The van der Waals surface area contributed by atoms with E-state index in [1.807, 2.05) is 18.3 Å². The lowest BCUT2D eigenvalue weighted by Crippen LogP contribution is -2.30. The Morgan fingerprint density at radius 2 is 1.72 bits per heavy atom. The zero-order valence-electron chi connectivity index (χ0n) is 18.5. The first-order chi connectivity index (χ1) is 15.5. The van der Waals surface area contributed by atoms with Gasteiger partial charge in [0, 0.05) is 29.5 Å². The van der Waals surface area contributed by atoms with Gasteiger partial charge in [-0.25, -0.2) is 0 Å². The highest BCUT2D eigenvalue weighted by Crippen LogP contribution is 2.42. The fraction of sp³-hybridized carbons (Fsp3) is 0.185. The van der Waals surface area contributed by atoms with Gasteiger partial charge in [0.25, 0.3) is 0 Å². The van der Waals surface area contributed by atoms with Crippen molar-refractivity contribution in [2.24, 2.45) is 0 Å². The molecule has 0 bridgehead atoms. The molecule has 0 saturated carbocycles. The topological polar surface area (TPSA) is 33.1 Å². The normalized spacial score (nSPS) is 18.1. The van der Waals surface area contributed by atoms with Gasteiger partial charge in [0.1, 0.15) is 6.04 Å². The Morgan fingerprint density at radius 1 is 0.844 bits per heavy atom. The van der Waals surface area contributed by atoms with Gasteiger partial charge in [0.15, 0.2) is 5.11 Å². The zero-order chi connectivity index (χ0) is 22.2. The quantitative estimate of drug-likeness (QED) is 0.398. The van der Waals surface area contributed by atoms with E-state index in [4.69, 9.17) is 12.2 Å². The van der Waals surface area contributed by atoms with Crippen LogP contribution in [0.3, 0.4) is 0 Å². The lowest BCUT2D eigenvalue weighted by molar-refractivity contribution is 0.549. The maximum absolute atomic E-state index is 5.87. The van der Waals surface area contributed by atoms with Gasteiger partial charge in [-0.1, -0.05) is 24.3 Å². The molecule has 160 valence electrons. The Labute approximate surface area is 194 Å². The van der Waals surface area contributed by atoms with Crippen LogP contribution in [-0.2, 0) is 0 Å². The maximum atomic E-state index is 5.87. The molecule has 1 fully saturated rings. The number of benzene rings is 2. The summed E-state index contributed by atoms with van der Waals surface area (Å²) < 4.78 is 2.27. The Balaban J connectivity index is 1.68. The minimum atomic E-state index is -0.0654. The number of rotatable bonds is 4. The van der Waals surface area contributed by atoms with E-state index in [1.165, 1.54) is 16.7 Å². The molecule has 4 aromatic rings. The van der Waals surface area contributed by atoms with Gasteiger partial charge in [-0.15, -0.1) is 0 Å². The summed E-state index contributed by atoms with van der Waals surface area (Å²) in [7, 11) is 0. The highest BCUT2D eigenvalue weighted by molar-refractivity contribution is 7.80. The van der Waals surface area contributed by atoms with Crippen LogP contribution in [0.1, 0.15) is 40.2 Å². The number of hydrogen-bond acceptors (Lipinski definition) is 2. The molecule has 1 saturated heterocycles. The minimum absolute atomic E-state index is 0.0455. The molecule has 1 N–H and O–H groups in total. The molecule has 5 heteroatoms. The van der Waals surface area contributed by atoms with Gasteiger partial charge in [-0.3, -0.25) is 4.98 Å². The van der Waals surface area contributed by atoms with Gasteiger partial charge in [-0.2, -0.15) is 0 Å². The molecule has 0 radical (unpaired) electrons. The van der Waals surface area contributed by atoms with Crippen LogP contribution in [0.25, 0.3) is 5.69 Å². The largest absolute Gasteiger partial charge is 0.351 e. The number of pyridine rings is 1. The van der Waals surface area contributed by atoms with E-state index in [0.717, 1.165) is 22.8 Å². The van der Waals surface area contributed by atoms with E-state index in [-0.39, 0.29) is 12.1 Å². The summed E-state index contributed by atoms with van der Waals surface area (Å²) in [5.41, 5.74) is 8.14. The molecule has 2 aromatic heterocycles. The summed E-state index contributed by atoms with van der Waals surface area (Å²) in [6.45, 7) is 6.41. The predicted molar refractivity (Wildman–Crippen MR) is 134 cm³/mol. The van der Waals surface area contributed by atoms with Gasteiger partial charge >= 0.3 is 0 Å². The summed E-state index contributed by atoms with van der Waals surface area (Å²) in [6, 6.07) is 25.3. The van der Waals surface area contributed by atoms with Gasteiger partial charge in [0.2, 0.25) is 0 Å². The van der Waals surface area contributed by atoms with Crippen molar-refractivity contribution >= 4 is 23.0 Å². The van der Waals surface area contributed by atoms with E-state index in [1.54, 1.807) is 0 Å². The van der Waals surface area contributed by atoms with E-state index in [9.17, 15) is 0 Å². The standard InChI is InChI=1S/C27H26N4S/c1-18-8-6-9-22(16-18)31-26(25(29-27(31)32)23-10-4-5-14-28-23)24-11-7-15-30(24)21-13-12-19(2)20(3)17-21/h4-17,25-26H,1-3H3,(H,29,32). The van der Waals surface area contributed by atoms with E-state index in [0.29, 0.717) is 5.11 Å². The van der Waals surface area contributed by atoms with Crippen LogP contribution in [-0.4, -0.2) is 14.7 Å². The second-order valence-corrected chi connectivity index (χ2v) is 8.79. The van der Waals surface area contributed by atoms with E-state index < -0.39 is 0 Å². The van der Waals surface area contributed by atoms with Crippen molar-refractivity contribution in [1.29, 1.82) is 0 Å². The fourth-order valence-electron chi connectivity index (χ4n) is 4.46. The van der Waals surface area contributed by atoms with Gasteiger partial charge < -0.3 is 14.8 Å². The van der Waals surface area contributed by atoms with Crippen molar-refractivity contribution in [2.45, 2.75) is 32.9 Å². The molecule has 2 aromatic carbocycles. The second-order valence-electron chi connectivity index (χ2n) is 8.41. The predicted octanol–water partition coefficient (Wildman–Crippen LogP) is 5.97. The monoisotopic (exact) mass is 438 g/mol. The molecular weight excluding hydrogens is 412 g/mol. The summed E-state index contributed by atoms with van der Waals surface area (Å²) in [6.07, 6.45) is 3.97. The minimum Gasteiger partial charge on any atom is -0.351 e. The lowest BCUT2D eigenvalue weighted by Gasteiger charge is -2.29. The van der Waals surface area contributed by atoms with Crippen LogP contribution < -0.4 is 10.2 Å². The number of thiocarbonyl (C=S) groups is 1. The summed E-state index contributed by atoms with van der Waals surface area (Å²) >= 11 is 5.87. The number of nitrogens with zero attached hydrogens (tertiary/aromatic N) is 3. The van der Waals surface area contributed by atoms with Crippen molar-refractivity contribution in [2.75, 3.05) is 4.90 Å². The van der Waals surface area contributed by atoms with E-state index >= 15 is 0 Å².